The van der Waals surface area contributed by atoms with E-state index in [0.717, 1.165) is 16.3 Å². The normalized spacial score (nSPS) is 13.8. The maximum absolute atomic E-state index is 14.7. The summed E-state index contributed by atoms with van der Waals surface area (Å²) in [5.41, 5.74) is 9.05. The Bertz CT molecular complexity index is 1020. The number of primary amides is 1. The lowest BCUT2D eigenvalue weighted by atomic mass is 9.90. The molecule has 0 atom stereocenters. The van der Waals surface area contributed by atoms with Crippen molar-refractivity contribution in [1.82, 2.24) is 0 Å². The highest BCUT2D eigenvalue weighted by molar-refractivity contribution is 6.09. The van der Waals surface area contributed by atoms with Crippen molar-refractivity contribution in [2.45, 2.75) is 18.8 Å². The molecule has 1 saturated carbocycles. The Labute approximate surface area is 152 Å². The smallest absolute Gasteiger partial charge is 0.249 e. The Morgan fingerprint density at radius 2 is 1.73 bits per heavy atom. The molecule has 0 aromatic heterocycles. The molecule has 1 aliphatic carbocycles. The minimum Gasteiger partial charge on any atom is -0.375 e. The molecule has 2 N–H and O–H groups in total. The van der Waals surface area contributed by atoms with Gasteiger partial charge in [0, 0.05) is 25.2 Å². The van der Waals surface area contributed by atoms with Crippen LogP contribution >= 0.6 is 0 Å². The van der Waals surface area contributed by atoms with Crippen molar-refractivity contribution < 1.29 is 9.18 Å². The topological polar surface area (TPSA) is 46.3 Å². The van der Waals surface area contributed by atoms with Gasteiger partial charge in [-0.05, 0) is 52.8 Å². The Balaban J connectivity index is 2.09. The second-order valence-corrected chi connectivity index (χ2v) is 7.10. The highest BCUT2D eigenvalue weighted by Gasteiger charge is 2.26. The van der Waals surface area contributed by atoms with Gasteiger partial charge in [0.1, 0.15) is 5.82 Å². The van der Waals surface area contributed by atoms with Crippen LogP contribution in [0.1, 0.15) is 34.7 Å². The number of nitrogens with two attached hydrogens (primary N) is 1. The number of amides is 1. The first-order chi connectivity index (χ1) is 12.5. The maximum atomic E-state index is 14.7. The molecule has 4 heteroatoms. The Hall–Kier alpha value is -2.88. The number of halogens is 1. The van der Waals surface area contributed by atoms with Crippen LogP contribution in [0.5, 0.6) is 0 Å². The van der Waals surface area contributed by atoms with Gasteiger partial charge in [0.05, 0.1) is 5.69 Å². The molecule has 3 aromatic rings. The second kappa shape index (κ2) is 6.13. The molecule has 1 fully saturated rings. The van der Waals surface area contributed by atoms with Crippen LogP contribution in [0.15, 0.2) is 48.5 Å². The van der Waals surface area contributed by atoms with Crippen molar-refractivity contribution in [1.29, 1.82) is 0 Å². The number of hydrogen-bond acceptors (Lipinski definition) is 2. The highest BCUT2D eigenvalue weighted by Crippen LogP contribution is 2.45. The van der Waals surface area contributed by atoms with Gasteiger partial charge >= 0.3 is 0 Å². The van der Waals surface area contributed by atoms with E-state index in [9.17, 15) is 9.18 Å². The molecule has 0 bridgehead atoms. The lowest BCUT2D eigenvalue weighted by Crippen LogP contribution is -2.18. The third-order valence-corrected chi connectivity index (χ3v) is 5.08. The molecule has 0 saturated heterocycles. The monoisotopic (exact) mass is 348 g/mol. The van der Waals surface area contributed by atoms with Gasteiger partial charge in [-0.1, -0.05) is 36.4 Å². The summed E-state index contributed by atoms with van der Waals surface area (Å²) in [4.78, 5) is 13.8. The van der Waals surface area contributed by atoms with Crippen molar-refractivity contribution in [3.63, 3.8) is 0 Å². The molecule has 4 rings (SSSR count). The van der Waals surface area contributed by atoms with Crippen molar-refractivity contribution >= 4 is 22.4 Å². The fraction of sp³-hybridized carbons (Fsp3) is 0.227. The summed E-state index contributed by atoms with van der Waals surface area (Å²) in [5, 5.41) is 2.19. The molecule has 3 nitrogen and oxygen atoms in total. The Kier molecular flexibility index (Phi) is 3.91. The number of carbonyl (C=O) groups excluding carboxylic acids is 1. The minimum atomic E-state index is -0.557. The van der Waals surface area contributed by atoms with Crippen LogP contribution in [-0.2, 0) is 0 Å². The first-order valence-electron chi connectivity index (χ1n) is 8.80. The van der Waals surface area contributed by atoms with Gasteiger partial charge in [-0.3, -0.25) is 4.79 Å². The summed E-state index contributed by atoms with van der Waals surface area (Å²) in [6, 6.07) is 15.0. The average Bonchev–Trinajstić information content (AvgIpc) is 3.44. The van der Waals surface area contributed by atoms with Crippen molar-refractivity contribution in [3.05, 3.63) is 65.5 Å². The maximum Gasteiger partial charge on any atom is 0.249 e. The first kappa shape index (κ1) is 16.6. The summed E-state index contributed by atoms with van der Waals surface area (Å²) in [6.45, 7) is 0. The van der Waals surface area contributed by atoms with Crippen LogP contribution in [0.25, 0.3) is 21.9 Å². The van der Waals surface area contributed by atoms with E-state index in [1.54, 1.807) is 19.0 Å². The van der Waals surface area contributed by atoms with E-state index in [1.165, 1.54) is 30.5 Å². The van der Waals surface area contributed by atoms with Gasteiger partial charge in [0.25, 0.3) is 0 Å². The number of fused-ring (bicyclic) bond motifs is 1. The summed E-state index contributed by atoms with van der Waals surface area (Å²) >= 11 is 0. The zero-order valence-corrected chi connectivity index (χ0v) is 14.9. The molecular weight excluding hydrogens is 327 g/mol. The van der Waals surface area contributed by atoms with Crippen LogP contribution in [0.3, 0.4) is 0 Å². The number of carbonyl (C=O) groups is 1. The van der Waals surface area contributed by atoms with Crippen LogP contribution in [0, 0.1) is 5.82 Å². The van der Waals surface area contributed by atoms with E-state index >= 15 is 0 Å². The molecule has 0 heterocycles. The average molecular weight is 348 g/mol. The van der Waals surface area contributed by atoms with Gasteiger partial charge in [-0.15, -0.1) is 0 Å². The largest absolute Gasteiger partial charge is 0.375 e. The molecule has 132 valence electrons. The third kappa shape index (κ3) is 2.62. The number of anilines is 1. The SMILES string of the molecule is CN(C)c1c(F)ccc(C(N)=O)c1-c1cccc2c(C3CC3)cccc12. The third-order valence-electron chi connectivity index (χ3n) is 5.08. The molecule has 3 aromatic carbocycles. The molecule has 0 spiro atoms. The van der Waals surface area contributed by atoms with Crippen LogP contribution in [-0.4, -0.2) is 20.0 Å². The van der Waals surface area contributed by atoms with Crippen LogP contribution in [0.2, 0.25) is 0 Å². The minimum absolute atomic E-state index is 0.333. The Morgan fingerprint density at radius 1 is 1.04 bits per heavy atom. The lowest BCUT2D eigenvalue weighted by Gasteiger charge is -2.22. The van der Waals surface area contributed by atoms with E-state index < -0.39 is 5.91 Å². The zero-order valence-electron chi connectivity index (χ0n) is 14.9. The van der Waals surface area contributed by atoms with Gasteiger partial charge in [0.15, 0.2) is 0 Å². The summed E-state index contributed by atoms with van der Waals surface area (Å²) < 4.78 is 14.7. The van der Waals surface area contributed by atoms with Gasteiger partial charge < -0.3 is 10.6 Å². The number of hydrogen-bond donors (Lipinski definition) is 1. The predicted octanol–water partition coefficient (Wildman–Crippen LogP) is 4.69. The molecule has 26 heavy (non-hydrogen) atoms. The fourth-order valence-corrected chi connectivity index (χ4v) is 3.78. The standard InChI is InChI=1S/C22H21FN2O/c1-25(2)21-19(23)12-11-18(22(24)26)20(21)17-8-4-6-15-14(13-9-10-13)5-3-7-16(15)17/h3-8,11-13H,9-10H2,1-2H3,(H2,24,26). The molecule has 0 aliphatic heterocycles. The highest BCUT2D eigenvalue weighted by atomic mass is 19.1. The Morgan fingerprint density at radius 3 is 2.38 bits per heavy atom. The van der Waals surface area contributed by atoms with E-state index in [-0.39, 0.29) is 5.82 Å². The van der Waals surface area contributed by atoms with Crippen molar-refractivity contribution in [2.24, 2.45) is 5.73 Å². The number of nitrogens with zero attached hydrogens (tertiary/aromatic N) is 1. The van der Waals surface area contributed by atoms with Crippen molar-refractivity contribution in [3.8, 4) is 11.1 Å². The zero-order chi connectivity index (χ0) is 18.4. The van der Waals surface area contributed by atoms with Crippen LogP contribution in [0.4, 0.5) is 10.1 Å². The molecule has 0 unspecified atom stereocenters. The van der Waals surface area contributed by atoms with E-state index in [1.807, 2.05) is 24.3 Å². The quantitative estimate of drug-likeness (QED) is 0.743. The summed E-state index contributed by atoms with van der Waals surface area (Å²) in [6.07, 6.45) is 2.41. The van der Waals surface area contributed by atoms with Gasteiger partial charge in [0.2, 0.25) is 5.91 Å². The molecular formula is C22H21FN2O. The van der Waals surface area contributed by atoms with Gasteiger partial charge in [-0.25, -0.2) is 4.39 Å². The first-order valence-corrected chi connectivity index (χ1v) is 8.80. The number of rotatable bonds is 4. The lowest BCUT2D eigenvalue weighted by molar-refractivity contribution is 0.100. The summed E-state index contributed by atoms with van der Waals surface area (Å²) in [7, 11) is 3.54. The van der Waals surface area contributed by atoms with Crippen molar-refractivity contribution in [2.75, 3.05) is 19.0 Å². The predicted molar refractivity (Wildman–Crippen MR) is 104 cm³/mol. The van der Waals surface area contributed by atoms with E-state index in [0.29, 0.717) is 22.7 Å². The molecule has 1 aliphatic rings. The molecule has 0 radical (unpaired) electrons. The second-order valence-electron chi connectivity index (χ2n) is 7.10. The van der Waals surface area contributed by atoms with E-state index in [2.05, 4.69) is 12.1 Å². The van der Waals surface area contributed by atoms with Crippen LogP contribution < -0.4 is 10.6 Å². The molecule has 1 amide bonds. The summed E-state index contributed by atoms with van der Waals surface area (Å²) in [5.74, 6) is -0.325. The fourth-order valence-electron chi connectivity index (χ4n) is 3.78. The van der Waals surface area contributed by atoms with Gasteiger partial charge in [-0.2, -0.15) is 0 Å². The van der Waals surface area contributed by atoms with E-state index in [4.69, 9.17) is 5.73 Å². The number of benzene rings is 3.